The van der Waals surface area contributed by atoms with E-state index < -0.39 is 28.4 Å². The first-order valence-corrected chi connectivity index (χ1v) is 7.92. The van der Waals surface area contributed by atoms with Crippen LogP contribution in [-0.4, -0.2) is 14.9 Å². The van der Waals surface area contributed by atoms with E-state index in [4.69, 9.17) is 1.37 Å². The summed E-state index contributed by atoms with van der Waals surface area (Å²) in [6, 6.07) is 6.74. The van der Waals surface area contributed by atoms with Gasteiger partial charge in [-0.1, -0.05) is 12.1 Å². The lowest BCUT2D eigenvalue weighted by Gasteiger charge is -2.18. The lowest BCUT2D eigenvalue weighted by atomic mass is 10.0. The summed E-state index contributed by atoms with van der Waals surface area (Å²) in [6.07, 6.45) is -4.71. The Labute approximate surface area is 153 Å². The zero-order valence-corrected chi connectivity index (χ0v) is 14.3. The topological polar surface area (TPSA) is 81.0 Å². The minimum Gasteiger partial charge on any atom is -0.363 e. The average molecular weight is 377 g/mol. The van der Waals surface area contributed by atoms with Crippen LogP contribution < -0.4 is 5.32 Å². The number of rotatable bonds is 4. The zero-order valence-electron chi connectivity index (χ0n) is 15.3. The maximum atomic E-state index is 13.1. The van der Waals surface area contributed by atoms with Crippen molar-refractivity contribution in [2.24, 2.45) is 0 Å². The van der Waals surface area contributed by atoms with E-state index in [2.05, 4.69) is 15.3 Å². The van der Waals surface area contributed by atoms with Crippen molar-refractivity contribution in [3.63, 3.8) is 0 Å². The van der Waals surface area contributed by atoms with Crippen LogP contribution in [0.15, 0.2) is 42.4 Å². The van der Waals surface area contributed by atoms with Crippen LogP contribution in [-0.2, 0) is 6.18 Å². The number of para-hydroxylation sites is 1. The van der Waals surface area contributed by atoms with Gasteiger partial charge in [-0.05, 0) is 37.6 Å². The maximum absolute atomic E-state index is 13.1. The van der Waals surface area contributed by atoms with Gasteiger partial charge in [-0.15, -0.1) is 0 Å². The highest BCUT2D eigenvalue weighted by molar-refractivity contribution is 5.89. The fraction of sp³-hybridized carbons (Fsp3) is 0.222. The third-order valence-corrected chi connectivity index (χ3v) is 3.98. The van der Waals surface area contributed by atoms with Crippen LogP contribution in [0.5, 0.6) is 0 Å². The molecule has 9 heteroatoms. The third-order valence-electron chi connectivity index (χ3n) is 3.98. The number of aryl methyl sites for hydroxylation is 1. The third kappa shape index (κ3) is 3.97. The van der Waals surface area contributed by atoms with Gasteiger partial charge in [-0.25, -0.2) is 9.97 Å². The molecule has 3 aromatic rings. The van der Waals surface area contributed by atoms with E-state index in [9.17, 15) is 23.3 Å². The fourth-order valence-electron chi connectivity index (χ4n) is 2.68. The molecule has 6 nitrogen and oxygen atoms in total. The molecule has 1 unspecified atom stereocenters. The standard InChI is InChI=1S/C18H15F3N4O2/c1-10(12-7-13(18(19,20)21)9-14(8-12)25(26)27)22-17-15-5-3-4-6-16(15)23-11(2)24-17/h3-10H,1-2H3,(H,22,23,24)/i3D. The van der Waals surface area contributed by atoms with Gasteiger partial charge in [0.2, 0.25) is 0 Å². The fourth-order valence-corrected chi connectivity index (χ4v) is 2.68. The molecule has 0 fully saturated rings. The van der Waals surface area contributed by atoms with Crippen LogP contribution in [0.1, 0.15) is 31.3 Å². The number of fused-ring (bicyclic) bond motifs is 1. The molecule has 0 amide bonds. The summed E-state index contributed by atoms with van der Waals surface area (Å²) < 4.78 is 47.1. The predicted octanol–water partition coefficient (Wildman–Crippen LogP) is 5.04. The Morgan fingerprint density at radius 3 is 2.67 bits per heavy atom. The van der Waals surface area contributed by atoms with Crippen molar-refractivity contribution < 1.29 is 19.5 Å². The first kappa shape index (κ1) is 17.2. The summed E-state index contributed by atoms with van der Waals surface area (Å²) in [4.78, 5) is 18.7. The summed E-state index contributed by atoms with van der Waals surface area (Å²) in [7, 11) is 0. The highest BCUT2D eigenvalue weighted by atomic mass is 19.4. The Balaban J connectivity index is 2.05. The Bertz CT molecular complexity index is 1070. The van der Waals surface area contributed by atoms with Crippen molar-refractivity contribution in [2.75, 3.05) is 5.32 Å². The van der Waals surface area contributed by atoms with Gasteiger partial charge in [-0.3, -0.25) is 10.1 Å². The zero-order chi connectivity index (χ0) is 20.6. The molecule has 0 aliphatic carbocycles. The summed E-state index contributed by atoms with van der Waals surface area (Å²) in [5, 5.41) is 14.6. The van der Waals surface area contributed by atoms with E-state index in [0.29, 0.717) is 28.6 Å². The van der Waals surface area contributed by atoms with Crippen LogP contribution in [0, 0.1) is 17.0 Å². The summed E-state index contributed by atoms with van der Waals surface area (Å²) in [5.41, 5.74) is -1.07. The first-order valence-electron chi connectivity index (χ1n) is 8.42. The minimum atomic E-state index is -4.71. The molecule has 0 aliphatic rings. The summed E-state index contributed by atoms with van der Waals surface area (Å²) >= 11 is 0. The van der Waals surface area contributed by atoms with Crippen LogP contribution in [0.25, 0.3) is 10.9 Å². The molecule has 27 heavy (non-hydrogen) atoms. The molecule has 140 valence electrons. The molecule has 0 aliphatic heterocycles. The van der Waals surface area contributed by atoms with Gasteiger partial charge in [0.05, 0.1) is 23.4 Å². The van der Waals surface area contributed by atoms with Crippen molar-refractivity contribution in [1.82, 2.24) is 9.97 Å². The molecule has 0 spiro atoms. The Hall–Kier alpha value is -3.23. The van der Waals surface area contributed by atoms with Gasteiger partial charge in [-0.2, -0.15) is 13.2 Å². The number of nitro benzene ring substituents is 1. The molecule has 0 radical (unpaired) electrons. The van der Waals surface area contributed by atoms with E-state index >= 15 is 0 Å². The normalized spacial score (nSPS) is 13.3. The molecule has 1 atom stereocenters. The number of anilines is 1. The maximum Gasteiger partial charge on any atom is 0.416 e. The van der Waals surface area contributed by atoms with Crippen molar-refractivity contribution in [1.29, 1.82) is 0 Å². The lowest BCUT2D eigenvalue weighted by molar-refractivity contribution is -0.385. The SMILES string of the molecule is [2H]c1ccc2nc(C)nc(NC(C)c3cc([N+](=O)[O-])cc(C(F)(F)F)c3)c2c1. The van der Waals surface area contributed by atoms with Crippen molar-refractivity contribution in [3.05, 3.63) is 69.5 Å². The number of aromatic nitrogens is 2. The number of hydrogen-bond donors (Lipinski definition) is 1. The molecular weight excluding hydrogens is 361 g/mol. The van der Waals surface area contributed by atoms with Crippen LogP contribution in [0.4, 0.5) is 24.7 Å². The molecule has 0 saturated heterocycles. The number of nitrogens with one attached hydrogen (secondary N) is 1. The molecule has 0 bridgehead atoms. The van der Waals surface area contributed by atoms with E-state index in [-0.39, 0.29) is 11.6 Å². The average Bonchev–Trinajstić information content (AvgIpc) is 2.61. The second-order valence-corrected chi connectivity index (χ2v) is 6.00. The molecule has 2 aromatic carbocycles. The van der Waals surface area contributed by atoms with Gasteiger partial charge in [0, 0.05) is 17.5 Å². The van der Waals surface area contributed by atoms with Crippen molar-refractivity contribution >= 4 is 22.4 Å². The van der Waals surface area contributed by atoms with E-state index in [1.165, 1.54) is 0 Å². The van der Waals surface area contributed by atoms with E-state index in [1.54, 1.807) is 32.0 Å². The molecular formula is C18H15F3N4O2. The first-order chi connectivity index (χ1) is 13.0. The number of non-ortho nitro benzene ring substituents is 1. The highest BCUT2D eigenvalue weighted by Gasteiger charge is 2.33. The van der Waals surface area contributed by atoms with Gasteiger partial charge < -0.3 is 5.32 Å². The number of nitro groups is 1. The lowest BCUT2D eigenvalue weighted by Crippen LogP contribution is -2.12. The van der Waals surface area contributed by atoms with Gasteiger partial charge in [0.15, 0.2) is 0 Å². The van der Waals surface area contributed by atoms with Crippen LogP contribution in [0.2, 0.25) is 0 Å². The molecule has 0 saturated carbocycles. The van der Waals surface area contributed by atoms with E-state index in [1.807, 2.05) is 0 Å². The second kappa shape index (κ2) is 6.82. The molecule has 1 N–H and O–H groups in total. The predicted molar refractivity (Wildman–Crippen MR) is 94.4 cm³/mol. The van der Waals surface area contributed by atoms with Gasteiger partial charge in [0.25, 0.3) is 5.69 Å². The monoisotopic (exact) mass is 377 g/mol. The smallest absolute Gasteiger partial charge is 0.363 e. The number of hydrogen-bond acceptors (Lipinski definition) is 5. The van der Waals surface area contributed by atoms with Crippen LogP contribution in [0.3, 0.4) is 0 Å². The van der Waals surface area contributed by atoms with Crippen molar-refractivity contribution in [3.8, 4) is 0 Å². The largest absolute Gasteiger partial charge is 0.416 e. The summed E-state index contributed by atoms with van der Waals surface area (Å²) in [6.45, 7) is 3.24. The molecule has 3 rings (SSSR count). The minimum absolute atomic E-state index is 0.0907. The molecule has 1 heterocycles. The number of alkyl halides is 3. The Morgan fingerprint density at radius 1 is 1.26 bits per heavy atom. The Kier molecular flexibility index (Phi) is 4.35. The summed E-state index contributed by atoms with van der Waals surface area (Å²) in [5.74, 6) is 0.777. The second-order valence-electron chi connectivity index (χ2n) is 6.00. The van der Waals surface area contributed by atoms with Gasteiger partial charge >= 0.3 is 6.18 Å². The quantitative estimate of drug-likeness (QED) is 0.509. The van der Waals surface area contributed by atoms with E-state index in [0.717, 1.165) is 12.1 Å². The molecule has 1 aromatic heterocycles. The van der Waals surface area contributed by atoms with Crippen LogP contribution >= 0.6 is 0 Å². The number of nitrogens with zero attached hydrogens (tertiary/aromatic N) is 3. The number of halogens is 3. The van der Waals surface area contributed by atoms with Crippen molar-refractivity contribution in [2.45, 2.75) is 26.1 Å². The Morgan fingerprint density at radius 2 is 2.00 bits per heavy atom. The highest BCUT2D eigenvalue weighted by Crippen LogP contribution is 2.35. The van der Waals surface area contributed by atoms with Gasteiger partial charge in [0.1, 0.15) is 11.6 Å². The number of benzene rings is 2.